The van der Waals surface area contributed by atoms with Crippen molar-refractivity contribution in [2.75, 3.05) is 19.8 Å². The van der Waals surface area contributed by atoms with Crippen molar-refractivity contribution in [1.82, 2.24) is 15.5 Å². The fraction of sp³-hybridized carbons (Fsp3) is 0.261. The lowest BCUT2D eigenvalue weighted by atomic mass is 10.0. The third kappa shape index (κ3) is 4.84. The first-order chi connectivity index (χ1) is 15.9. The van der Waals surface area contributed by atoms with Crippen LogP contribution in [0.1, 0.15) is 33.6 Å². The molecule has 0 radical (unpaired) electrons. The molecule has 10 heteroatoms. The molecule has 2 aromatic carbocycles. The quantitative estimate of drug-likeness (QED) is 0.445. The second-order valence-electron chi connectivity index (χ2n) is 7.45. The van der Waals surface area contributed by atoms with Crippen LogP contribution < -0.4 is 20.1 Å². The first-order valence-electron chi connectivity index (χ1n) is 10.4. The van der Waals surface area contributed by atoms with Crippen LogP contribution in [-0.2, 0) is 14.4 Å². The fourth-order valence-electron chi connectivity index (χ4n) is 3.62. The molecule has 1 saturated heterocycles. The maximum atomic E-state index is 12.8. The molecule has 0 aromatic heterocycles. The van der Waals surface area contributed by atoms with Gasteiger partial charge in [-0.25, -0.2) is 0 Å². The number of rotatable bonds is 8. The summed E-state index contributed by atoms with van der Waals surface area (Å²) in [6.45, 7) is 0.291. The Morgan fingerprint density at radius 2 is 1.73 bits per heavy atom. The molecule has 2 aromatic rings. The van der Waals surface area contributed by atoms with Crippen molar-refractivity contribution in [3.05, 3.63) is 59.7 Å². The summed E-state index contributed by atoms with van der Waals surface area (Å²) in [5.74, 6) is -1.80. The van der Waals surface area contributed by atoms with Crippen LogP contribution in [0, 0.1) is 0 Å². The molecule has 2 N–H and O–H groups in total. The van der Waals surface area contributed by atoms with E-state index in [2.05, 4.69) is 10.6 Å². The monoisotopic (exact) mass is 451 g/mol. The number of para-hydroxylation sites is 1. The van der Waals surface area contributed by atoms with Gasteiger partial charge in [-0.05, 0) is 36.8 Å². The maximum Gasteiger partial charge on any atom is 0.262 e. The van der Waals surface area contributed by atoms with Gasteiger partial charge in [0.2, 0.25) is 11.8 Å². The standard InChI is InChI=1S/C23H21N3O7/c27-19-9-8-18(21(29)25-19)26-22(30)16-7-6-15(12-17(16)23(26)31)33-13-20(28)24-10-11-32-14-4-2-1-3-5-14/h1-7,12,18H,8-11,13H2,(H,24,28)(H,25,27,29). The average Bonchev–Trinajstić information content (AvgIpc) is 3.06. The molecule has 5 amide bonds. The van der Waals surface area contributed by atoms with E-state index in [1.807, 2.05) is 30.3 Å². The first-order valence-corrected chi connectivity index (χ1v) is 10.4. The van der Waals surface area contributed by atoms with E-state index < -0.39 is 29.7 Å². The summed E-state index contributed by atoms with van der Waals surface area (Å²) < 4.78 is 10.9. The number of carbonyl (C=O) groups is 5. The molecule has 10 nitrogen and oxygen atoms in total. The molecule has 33 heavy (non-hydrogen) atoms. The van der Waals surface area contributed by atoms with Gasteiger partial charge in [-0.15, -0.1) is 0 Å². The number of benzene rings is 2. The van der Waals surface area contributed by atoms with Gasteiger partial charge in [0.15, 0.2) is 6.61 Å². The van der Waals surface area contributed by atoms with Crippen LogP contribution in [0.3, 0.4) is 0 Å². The molecule has 170 valence electrons. The molecule has 0 bridgehead atoms. The number of carbonyl (C=O) groups excluding carboxylic acids is 5. The molecule has 1 unspecified atom stereocenters. The number of fused-ring (bicyclic) bond motifs is 1. The third-order valence-corrected chi connectivity index (χ3v) is 5.22. The van der Waals surface area contributed by atoms with Crippen molar-refractivity contribution < 1.29 is 33.4 Å². The van der Waals surface area contributed by atoms with E-state index in [0.29, 0.717) is 12.4 Å². The summed E-state index contributed by atoms with van der Waals surface area (Å²) in [6.07, 6.45) is 0.122. The summed E-state index contributed by atoms with van der Waals surface area (Å²) >= 11 is 0. The van der Waals surface area contributed by atoms with Crippen LogP contribution >= 0.6 is 0 Å². The minimum Gasteiger partial charge on any atom is -0.492 e. The normalized spacial score (nSPS) is 17.5. The Balaban J connectivity index is 1.30. The number of hydrogen-bond acceptors (Lipinski definition) is 7. The summed E-state index contributed by atoms with van der Waals surface area (Å²) in [5, 5.41) is 4.81. The second-order valence-corrected chi connectivity index (χ2v) is 7.45. The van der Waals surface area contributed by atoms with Crippen LogP contribution in [0.15, 0.2) is 48.5 Å². The topological polar surface area (TPSA) is 131 Å². The Morgan fingerprint density at radius 1 is 0.970 bits per heavy atom. The van der Waals surface area contributed by atoms with Gasteiger partial charge in [0.25, 0.3) is 17.7 Å². The molecule has 2 aliphatic heterocycles. The van der Waals surface area contributed by atoms with Gasteiger partial charge in [-0.1, -0.05) is 18.2 Å². The predicted octanol–water partition coefficient (Wildman–Crippen LogP) is 0.662. The summed E-state index contributed by atoms with van der Waals surface area (Å²) in [6, 6.07) is 12.4. The summed E-state index contributed by atoms with van der Waals surface area (Å²) in [7, 11) is 0. The number of hydrogen-bond donors (Lipinski definition) is 2. The number of nitrogens with zero attached hydrogens (tertiary/aromatic N) is 1. The highest BCUT2D eigenvalue weighted by molar-refractivity contribution is 6.23. The van der Waals surface area contributed by atoms with Crippen LogP contribution in [-0.4, -0.2) is 60.2 Å². The van der Waals surface area contributed by atoms with Crippen molar-refractivity contribution in [3.8, 4) is 11.5 Å². The van der Waals surface area contributed by atoms with E-state index in [0.717, 1.165) is 4.90 Å². The van der Waals surface area contributed by atoms with Gasteiger partial charge < -0.3 is 14.8 Å². The van der Waals surface area contributed by atoms with E-state index in [1.165, 1.54) is 18.2 Å². The molecule has 0 spiro atoms. The molecule has 2 aliphatic rings. The summed E-state index contributed by atoms with van der Waals surface area (Å²) in [4.78, 5) is 61.8. The Bertz CT molecular complexity index is 1120. The highest BCUT2D eigenvalue weighted by Crippen LogP contribution is 2.30. The minimum atomic E-state index is -1.04. The largest absolute Gasteiger partial charge is 0.492 e. The lowest BCUT2D eigenvalue weighted by molar-refractivity contribution is -0.136. The van der Waals surface area contributed by atoms with Crippen molar-refractivity contribution in [3.63, 3.8) is 0 Å². The summed E-state index contributed by atoms with van der Waals surface area (Å²) in [5.41, 5.74) is 0.221. The third-order valence-electron chi connectivity index (χ3n) is 5.22. The Kier molecular flexibility index (Phi) is 6.34. The number of ether oxygens (including phenoxy) is 2. The predicted molar refractivity (Wildman–Crippen MR) is 114 cm³/mol. The Labute approximate surface area is 188 Å². The number of piperidine rings is 1. The molecule has 1 atom stereocenters. The minimum absolute atomic E-state index is 0.0453. The second kappa shape index (κ2) is 9.51. The van der Waals surface area contributed by atoms with Crippen LogP contribution in [0.25, 0.3) is 0 Å². The average molecular weight is 451 g/mol. The van der Waals surface area contributed by atoms with Gasteiger partial charge in [0.05, 0.1) is 17.7 Å². The van der Waals surface area contributed by atoms with Crippen LogP contribution in [0.5, 0.6) is 11.5 Å². The van der Waals surface area contributed by atoms with Crippen molar-refractivity contribution in [1.29, 1.82) is 0 Å². The molecule has 4 rings (SSSR count). The number of amides is 5. The zero-order valence-electron chi connectivity index (χ0n) is 17.5. The zero-order valence-corrected chi connectivity index (χ0v) is 17.5. The molecular weight excluding hydrogens is 430 g/mol. The molecule has 0 aliphatic carbocycles. The molecule has 0 saturated carbocycles. The van der Waals surface area contributed by atoms with Crippen LogP contribution in [0.4, 0.5) is 0 Å². The van der Waals surface area contributed by atoms with Gasteiger partial charge in [-0.2, -0.15) is 0 Å². The molecule has 1 fully saturated rings. The van der Waals surface area contributed by atoms with E-state index in [4.69, 9.17) is 9.47 Å². The van der Waals surface area contributed by atoms with E-state index >= 15 is 0 Å². The first kappa shape index (κ1) is 22.0. The Hall–Kier alpha value is -4.21. The molecule has 2 heterocycles. The molecular formula is C23H21N3O7. The Morgan fingerprint density at radius 3 is 2.48 bits per heavy atom. The van der Waals surface area contributed by atoms with E-state index in [1.54, 1.807) is 0 Å². The number of imide groups is 2. The van der Waals surface area contributed by atoms with E-state index in [9.17, 15) is 24.0 Å². The van der Waals surface area contributed by atoms with Gasteiger partial charge in [0, 0.05) is 6.42 Å². The van der Waals surface area contributed by atoms with Crippen molar-refractivity contribution in [2.24, 2.45) is 0 Å². The maximum absolute atomic E-state index is 12.8. The van der Waals surface area contributed by atoms with Gasteiger partial charge in [-0.3, -0.25) is 34.2 Å². The zero-order chi connectivity index (χ0) is 23.4. The lowest BCUT2D eigenvalue weighted by Crippen LogP contribution is -2.54. The fourth-order valence-corrected chi connectivity index (χ4v) is 3.62. The van der Waals surface area contributed by atoms with Crippen LogP contribution in [0.2, 0.25) is 0 Å². The van der Waals surface area contributed by atoms with Crippen molar-refractivity contribution >= 4 is 29.5 Å². The lowest BCUT2D eigenvalue weighted by Gasteiger charge is -2.27. The highest BCUT2D eigenvalue weighted by atomic mass is 16.5. The van der Waals surface area contributed by atoms with Crippen molar-refractivity contribution in [2.45, 2.75) is 18.9 Å². The van der Waals surface area contributed by atoms with Gasteiger partial charge in [0.1, 0.15) is 24.1 Å². The van der Waals surface area contributed by atoms with Gasteiger partial charge >= 0.3 is 0 Å². The van der Waals surface area contributed by atoms with E-state index in [-0.39, 0.29) is 48.8 Å². The number of nitrogens with one attached hydrogen (secondary N) is 2. The highest BCUT2D eigenvalue weighted by Gasteiger charge is 2.44. The smallest absolute Gasteiger partial charge is 0.262 e. The SMILES string of the molecule is O=C(COc1ccc2c(c1)C(=O)N(C1CCC(=O)NC1=O)C2=O)NCCOc1ccccc1.